The summed E-state index contributed by atoms with van der Waals surface area (Å²) < 4.78 is 81.2. The third-order valence-electron chi connectivity index (χ3n) is 14.5. The van der Waals surface area contributed by atoms with Gasteiger partial charge >= 0.3 is 24.0 Å². The SMILES string of the molecule is CCC1O[C@@H](O[C@@H]2C(C(C)=O)O[C@@H](O[C@@H]3C(COC(=O)c4ccccc4)O[C@H](OC)C(N=[N+]=[N-])[C@H]3C)C(OC(=O)c3ccccc3)[C@@H]2OCc2ccccc2)C2NC(=O)O[C@H]2[C@@H]1O[C@@H]1OC(C(=O)OC)[C@@H](O)[C@H](C)C1C. The minimum atomic E-state index is -1.68. The summed E-state index contributed by atoms with van der Waals surface area (Å²) in [6.45, 7) is 7.78. The number of carbonyl (C=O) groups is 5. The highest BCUT2D eigenvalue weighted by atomic mass is 16.8. The van der Waals surface area contributed by atoms with Crippen LogP contribution in [0.25, 0.3) is 10.4 Å². The molecule has 5 fully saturated rings. The zero-order chi connectivity index (χ0) is 54.2. The number of nitrogens with zero attached hydrogens (tertiary/aromatic N) is 3. The molecule has 0 aromatic heterocycles. The average molecular weight is 1060 g/mol. The predicted molar refractivity (Wildman–Crippen MR) is 260 cm³/mol. The molecule has 8 rings (SSSR count). The lowest BCUT2D eigenvalue weighted by Gasteiger charge is -2.50. The number of benzene rings is 3. The quantitative estimate of drug-likeness (QED) is 0.0528. The minimum absolute atomic E-state index is 0.123. The Bertz CT molecular complexity index is 2510. The topological polar surface area (TPSA) is 286 Å². The van der Waals surface area contributed by atoms with Crippen molar-refractivity contribution in [2.75, 3.05) is 20.8 Å². The lowest BCUT2D eigenvalue weighted by molar-refractivity contribution is -0.364. The van der Waals surface area contributed by atoms with Gasteiger partial charge in [-0.15, -0.1) is 0 Å². The summed E-state index contributed by atoms with van der Waals surface area (Å²) in [5.74, 6) is -4.63. The van der Waals surface area contributed by atoms with Crippen LogP contribution in [-0.4, -0.2) is 160 Å². The number of aliphatic hydroxyl groups is 1. The van der Waals surface area contributed by atoms with Crippen LogP contribution in [0.4, 0.5) is 4.79 Å². The van der Waals surface area contributed by atoms with Crippen LogP contribution in [0.2, 0.25) is 0 Å². The van der Waals surface area contributed by atoms with Gasteiger partial charge in [0.15, 0.2) is 49.3 Å². The molecule has 0 aliphatic carbocycles. The predicted octanol–water partition coefficient (Wildman–Crippen LogP) is 4.95. The summed E-state index contributed by atoms with van der Waals surface area (Å²) in [6, 6.07) is 23.2. The molecule has 0 bridgehead atoms. The van der Waals surface area contributed by atoms with Gasteiger partial charge in [0, 0.05) is 17.9 Å². The van der Waals surface area contributed by atoms with Gasteiger partial charge in [0.2, 0.25) is 0 Å². The van der Waals surface area contributed by atoms with Gasteiger partial charge in [-0.05, 0) is 60.5 Å². The second kappa shape index (κ2) is 25.4. The Hall–Kier alpha value is -6.08. The fraction of sp³-hybridized carbons (Fsp3) is 0.566. The van der Waals surface area contributed by atoms with E-state index in [0.717, 1.165) is 0 Å². The van der Waals surface area contributed by atoms with Crippen molar-refractivity contribution in [1.29, 1.82) is 0 Å². The molecule has 5 aliphatic heterocycles. The Labute approximate surface area is 438 Å². The smallest absolute Gasteiger partial charge is 0.408 e. The molecule has 0 spiro atoms. The number of ketones is 1. The maximum Gasteiger partial charge on any atom is 0.408 e. The summed E-state index contributed by atoms with van der Waals surface area (Å²) in [4.78, 5) is 70.9. The lowest BCUT2D eigenvalue weighted by Crippen LogP contribution is -2.68. The van der Waals surface area contributed by atoms with E-state index >= 15 is 0 Å². The molecule has 3 aromatic rings. The molecule has 5 heterocycles. The fourth-order valence-electron chi connectivity index (χ4n) is 10.1. The van der Waals surface area contributed by atoms with Crippen LogP contribution in [0.15, 0.2) is 96.1 Å². The van der Waals surface area contributed by atoms with Gasteiger partial charge in [-0.25, -0.2) is 19.2 Å². The number of amides is 1. The van der Waals surface area contributed by atoms with Crippen molar-refractivity contribution in [2.45, 2.75) is 152 Å². The van der Waals surface area contributed by atoms with E-state index in [-0.39, 0.29) is 24.2 Å². The standard InChI is InChI=1S/C53H64N4O19/c1-8-33-40(73-49-27(3)26(2)37(59)42(74-49)48(62)64-6)41-36(55-53(63)76-41)51(68-33)75-44-39(29(5)58)72-52(45(70-47(61)32-22-16-11-17-23-32)43(44)66-24-30-18-12-9-13-19-30)71-38-28(4)35(56-57-54)50(65-7)69-34(38)25-67-46(60)31-20-14-10-15-21-31/h9-23,26-28,33-45,49-52,59H,8,24-25H2,1-7H3,(H,55,63)/t26-,27?,28-,33?,34?,35?,36?,37+,38+,39?,40-,41-,42?,43-,44-,45?,49-,50+,51+,52-/m1/s1. The molecule has 3 aromatic carbocycles. The highest BCUT2D eigenvalue weighted by Crippen LogP contribution is 2.41. The first-order valence-corrected chi connectivity index (χ1v) is 25.2. The van der Waals surface area contributed by atoms with Crippen molar-refractivity contribution >= 4 is 29.8 Å². The molecule has 410 valence electrons. The first-order valence-electron chi connectivity index (χ1n) is 25.2. The van der Waals surface area contributed by atoms with Crippen molar-refractivity contribution in [3.63, 3.8) is 0 Å². The Morgan fingerprint density at radius 3 is 1.92 bits per heavy atom. The second-order valence-corrected chi connectivity index (χ2v) is 19.3. The molecular formula is C53H64N4O19. The normalized spacial score (nSPS) is 36.0. The van der Waals surface area contributed by atoms with Crippen molar-refractivity contribution in [2.24, 2.45) is 22.9 Å². The molecular weight excluding hydrogens is 997 g/mol. The van der Waals surface area contributed by atoms with Crippen LogP contribution in [0, 0.1) is 17.8 Å². The summed E-state index contributed by atoms with van der Waals surface area (Å²) in [5.41, 5.74) is 10.8. The van der Waals surface area contributed by atoms with E-state index in [2.05, 4.69) is 15.3 Å². The lowest BCUT2D eigenvalue weighted by atomic mass is 9.84. The second-order valence-electron chi connectivity index (χ2n) is 19.3. The van der Waals surface area contributed by atoms with Gasteiger partial charge in [-0.2, -0.15) is 0 Å². The molecule has 23 nitrogen and oxygen atoms in total. The Morgan fingerprint density at radius 1 is 0.697 bits per heavy atom. The van der Waals surface area contributed by atoms with E-state index in [4.69, 9.17) is 61.6 Å². The van der Waals surface area contributed by atoms with Gasteiger partial charge < -0.3 is 72.0 Å². The molecule has 5 aliphatic rings. The Kier molecular flexibility index (Phi) is 18.7. The van der Waals surface area contributed by atoms with Gasteiger partial charge in [0.25, 0.3) is 0 Å². The molecule has 1 amide bonds. The van der Waals surface area contributed by atoms with E-state index in [1.807, 2.05) is 6.07 Å². The average Bonchev–Trinajstić information content (AvgIpc) is 3.90. The highest BCUT2D eigenvalue weighted by Gasteiger charge is 2.60. The van der Waals surface area contributed by atoms with Crippen molar-refractivity contribution in [3.05, 3.63) is 118 Å². The summed E-state index contributed by atoms with van der Waals surface area (Å²) in [5, 5.41) is 17.7. The number of nitrogens with one attached hydrogen (secondary N) is 1. The Morgan fingerprint density at radius 2 is 1.30 bits per heavy atom. The third-order valence-corrected chi connectivity index (χ3v) is 14.5. The maximum atomic E-state index is 14.3. The van der Waals surface area contributed by atoms with Gasteiger partial charge in [0.1, 0.15) is 43.2 Å². The van der Waals surface area contributed by atoms with Gasteiger partial charge in [-0.3, -0.25) is 4.79 Å². The number of hydrogen-bond donors (Lipinski definition) is 2. The molecule has 76 heavy (non-hydrogen) atoms. The van der Waals surface area contributed by atoms with Crippen molar-refractivity contribution in [3.8, 4) is 0 Å². The molecule has 5 saturated heterocycles. The van der Waals surface area contributed by atoms with E-state index in [1.165, 1.54) is 33.3 Å². The number of hydrogen-bond acceptors (Lipinski definition) is 20. The van der Waals surface area contributed by atoms with Gasteiger partial charge in [0.05, 0.1) is 49.2 Å². The van der Waals surface area contributed by atoms with E-state index in [9.17, 15) is 34.6 Å². The van der Waals surface area contributed by atoms with Crippen molar-refractivity contribution in [1.82, 2.24) is 5.32 Å². The van der Waals surface area contributed by atoms with Crippen LogP contribution in [0.3, 0.4) is 0 Å². The van der Waals surface area contributed by atoms with Crippen LogP contribution in [0.1, 0.15) is 67.3 Å². The van der Waals surface area contributed by atoms with E-state index in [1.54, 1.807) is 100 Å². The monoisotopic (exact) mass is 1060 g/mol. The molecule has 0 radical (unpaired) electrons. The highest BCUT2D eigenvalue weighted by molar-refractivity contribution is 5.90. The van der Waals surface area contributed by atoms with Crippen molar-refractivity contribution < 1.29 is 90.7 Å². The number of methoxy groups -OCH3 is 2. The number of alkyl carbamates (subject to hydrolysis) is 1. The number of fused-ring (bicyclic) bond motifs is 1. The number of ether oxygens (including phenoxy) is 13. The zero-order valence-corrected chi connectivity index (χ0v) is 43.0. The summed E-state index contributed by atoms with van der Waals surface area (Å²) >= 11 is 0. The number of rotatable bonds is 19. The number of azide groups is 1. The first-order chi connectivity index (χ1) is 36.6. The molecule has 0 saturated carbocycles. The third kappa shape index (κ3) is 12.4. The Balaban J connectivity index is 1.15. The number of Topliss-reactive ketones (excluding diaryl/α,β-unsaturated/α-hetero) is 1. The van der Waals surface area contributed by atoms with Gasteiger partial charge in [-0.1, -0.05) is 99.5 Å². The fourth-order valence-corrected chi connectivity index (χ4v) is 10.1. The van der Waals surface area contributed by atoms with Crippen LogP contribution in [-0.2, 0) is 77.8 Å². The number of carbonyl (C=O) groups excluding carboxylic acids is 5. The molecule has 2 N–H and O–H groups in total. The van der Waals surface area contributed by atoms with E-state index in [0.29, 0.717) is 5.56 Å². The molecule has 20 atom stereocenters. The summed E-state index contributed by atoms with van der Waals surface area (Å²) in [6.07, 6.45) is -19.9. The van der Waals surface area contributed by atoms with Crippen LogP contribution < -0.4 is 5.32 Å². The number of esters is 3. The zero-order valence-electron chi connectivity index (χ0n) is 43.0. The summed E-state index contributed by atoms with van der Waals surface area (Å²) in [7, 11) is 2.54. The number of aliphatic hydroxyl groups excluding tert-OH is 1. The molecule has 8 unspecified atom stereocenters. The largest absolute Gasteiger partial charge is 0.467 e. The first kappa shape index (κ1) is 56.1. The minimum Gasteiger partial charge on any atom is -0.467 e. The molecule has 23 heteroatoms. The van der Waals surface area contributed by atoms with Crippen LogP contribution >= 0.6 is 0 Å². The van der Waals surface area contributed by atoms with E-state index < -0.39 is 159 Å². The maximum absolute atomic E-state index is 14.3. The van der Waals surface area contributed by atoms with Crippen LogP contribution in [0.5, 0.6) is 0 Å².